The van der Waals surface area contributed by atoms with Gasteiger partial charge in [0, 0.05) is 19.5 Å². The predicted molar refractivity (Wildman–Crippen MR) is 87.7 cm³/mol. The number of ether oxygens (including phenoxy) is 1. The molecule has 24 heavy (non-hydrogen) atoms. The van der Waals surface area contributed by atoms with Crippen LogP contribution in [0.25, 0.3) is 0 Å². The highest BCUT2D eigenvalue weighted by Crippen LogP contribution is 2.25. The van der Waals surface area contributed by atoms with Gasteiger partial charge in [0.2, 0.25) is 5.91 Å². The Labute approximate surface area is 145 Å². The standard InChI is InChI=1S/C17H21ClFNO4/c18-14-10-13(19)4-5-15(14)24-9-7-16(21)20-8-1-2-12(11-20)3-6-17(22)23/h4-5,10,12H,1-3,6-9,11H2,(H,22,23). The number of amides is 1. The third-order valence-electron chi connectivity index (χ3n) is 4.11. The Morgan fingerprint density at radius 2 is 2.17 bits per heavy atom. The first-order chi connectivity index (χ1) is 11.5. The first kappa shape index (κ1) is 18.5. The number of carbonyl (C=O) groups excluding carboxylic acids is 1. The van der Waals surface area contributed by atoms with E-state index in [4.69, 9.17) is 21.4 Å². The fourth-order valence-electron chi connectivity index (χ4n) is 2.85. The van der Waals surface area contributed by atoms with Gasteiger partial charge >= 0.3 is 5.97 Å². The molecule has 1 aromatic rings. The van der Waals surface area contributed by atoms with Crippen LogP contribution in [0.4, 0.5) is 4.39 Å². The Bertz CT molecular complexity index is 596. The van der Waals surface area contributed by atoms with Crippen molar-refractivity contribution in [3.05, 3.63) is 29.0 Å². The van der Waals surface area contributed by atoms with Crippen molar-refractivity contribution in [2.75, 3.05) is 19.7 Å². The van der Waals surface area contributed by atoms with E-state index in [-0.39, 0.29) is 36.3 Å². The highest BCUT2D eigenvalue weighted by atomic mass is 35.5. The quantitative estimate of drug-likeness (QED) is 0.812. The Morgan fingerprint density at radius 3 is 2.88 bits per heavy atom. The van der Waals surface area contributed by atoms with Gasteiger partial charge in [-0.05, 0) is 43.4 Å². The summed E-state index contributed by atoms with van der Waals surface area (Å²) in [5.41, 5.74) is 0. The van der Waals surface area contributed by atoms with Gasteiger partial charge < -0.3 is 14.7 Å². The molecule has 1 amide bonds. The summed E-state index contributed by atoms with van der Waals surface area (Å²) in [6.45, 7) is 1.46. The van der Waals surface area contributed by atoms with Crippen molar-refractivity contribution >= 4 is 23.5 Å². The average Bonchev–Trinajstić information content (AvgIpc) is 2.55. The maximum absolute atomic E-state index is 13.0. The van der Waals surface area contributed by atoms with Crippen LogP contribution < -0.4 is 4.74 Å². The largest absolute Gasteiger partial charge is 0.491 e. The zero-order chi connectivity index (χ0) is 17.5. The predicted octanol–water partition coefficient (Wildman–Crippen LogP) is 3.35. The molecule has 5 nitrogen and oxygen atoms in total. The molecule has 1 saturated heterocycles. The second-order valence-corrected chi connectivity index (χ2v) is 6.36. The number of piperidine rings is 1. The van der Waals surface area contributed by atoms with E-state index >= 15 is 0 Å². The van der Waals surface area contributed by atoms with Crippen LogP contribution in [0.15, 0.2) is 18.2 Å². The molecule has 0 radical (unpaired) electrons. The van der Waals surface area contributed by atoms with Crippen LogP contribution in [0.2, 0.25) is 5.02 Å². The molecular formula is C17H21ClFNO4. The third kappa shape index (κ3) is 5.67. The van der Waals surface area contributed by atoms with Crippen molar-refractivity contribution in [3.63, 3.8) is 0 Å². The van der Waals surface area contributed by atoms with Gasteiger partial charge in [0.1, 0.15) is 11.6 Å². The molecular weight excluding hydrogens is 337 g/mol. The van der Waals surface area contributed by atoms with Crippen LogP contribution in [0, 0.1) is 11.7 Å². The minimum atomic E-state index is -0.803. The molecule has 132 valence electrons. The number of rotatable bonds is 7. The van der Waals surface area contributed by atoms with E-state index in [0.717, 1.165) is 18.9 Å². The van der Waals surface area contributed by atoms with Crippen molar-refractivity contribution in [3.8, 4) is 5.75 Å². The third-order valence-corrected chi connectivity index (χ3v) is 4.40. The summed E-state index contributed by atoms with van der Waals surface area (Å²) < 4.78 is 18.4. The number of benzene rings is 1. The van der Waals surface area contributed by atoms with Gasteiger partial charge in [0.25, 0.3) is 0 Å². The molecule has 7 heteroatoms. The number of nitrogens with zero attached hydrogens (tertiary/aromatic N) is 1. The molecule has 0 aliphatic carbocycles. The zero-order valence-corrected chi connectivity index (χ0v) is 14.1. The summed E-state index contributed by atoms with van der Waals surface area (Å²) in [5.74, 6) is -0.671. The van der Waals surface area contributed by atoms with E-state index < -0.39 is 11.8 Å². The summed E-state index contributed by atoms with van der Waals surface area (Å²) in [5, 5.41) is 8.93. The second-order valence-electron chi connectivity index (χ2n) is 5.95. The number of hydrogen-bond acceptors (Lipinski definition) is 3. The minimum absolute atomic E-state index is 0.0201. The summed E-state index contributed by atoms with van der Waals surface area (Å²) in [7, 11) is 0. The van der Waals surface area contributed by atoms with Gasteiger partial charge in [-0.25, -0.2) is 4.39 Å². The number of carboxylic acids is 1. The number of carboxylic acid groups (broad SMARTS) is 1. The number of carbonyl (C=O) groups is 2. The Morgan fingerprint density at radius 1 is 1.38 bits per heavy atom. The van der Waals surface area contributed by atoms with E-state index in [2.05, 4.69) is 0 Å². The fraction of sp³-hybridized carbons (Fsp3) is 0.529. The van der Waals surface area contributed by atoms with E-state index in [0.29, 0.717) is 25.3 Å². The van der Waals surface area contributed by atoms with Crippen LogP contribution in [0.3, 0.4) is 0 Å². The van der Waals surface area contributed by atoms with Gasteiger partial charge in [0.15, 0.2) is 0 Å². The number of hydrogen-bond donors (Lipinski definition) is 1. The molecule has 1 atom stereocenters. The molecule has 1 N–H and O–H groups in total. The monoisotopic (exact) mass is 357 g/mol. The lowest BCUT2D eigenvalue weighted by Crippen LogP contribution is -2.40. The maximum Gasteiger partial charge on any atom is 0.303 e. The molecule has 1 aliphatic heterocycles. The molecule has 1 unspecified atom stereocenters. The molecule has 2 rings (SSSR count). The lowest BCUT2D eigenvalue weighted by atomic mass is 9.93. The van der Waals surface area contributed by atoms with Crippen LogP contribution >= 0.6 is 11.6 Å². The van der Waals surface area contributed by atoms with Crippen LogP contribution in [-0.2, 0) is 9.59 Å². The topological polar surface area (TPSA) is 66.8 Å². The highest BCUT2D eigenvalue weighted by molar-refractivity contribution is 6.32. The van der Waals surface area contributed by atoms with Crippen molar-refractivity contribution in [2.45, 2.75) is 32.1 Å². The highest BCUT2D eigenvalue weighted by Gasteiger charge is 2.23. The molecule has 1 heterocycles. The first-order valence-corrected chi connectivity index (χ1v) is 8.41. The summed E-state index contributed by atoms with van der Waals surface area (Å²) >= 11 is 5.86. The number of aliphatic carboxylic acids is 1. The second kappa shape index (κ2) is 8.87. The zero-order valence-electron chi connectivity index (χ0n) is 13.3. The van der Waals surface area contributed by atoms with Gasteiger partial charge in [-0.15, -0.1) is 0 Å². The van der Waals surface area contributed by atoms with E-state index in [1.165, 1.54) is 12.1 Å². The Kier molecular flexibility index (Phi) is 6.85. The van der Waals surface area contributed by atoms with E-state index in [1.807, 2.05) is 0 Å². The number of likely N-dealkylation sites (tertiary alicyclic amines) is 1. The van der Waals surface area contributed by atoms with Crippen LogP contribution in [0.1, 0.15) is 32.1 Å². The number of halogens is 2. The van der Waals surface area contributed by atoms with Gasteiger partial charge in [-0.1, -0.05) is 11.6 Å². The molecule has 1 aromatic carbocycles. The summed E-state index contributed by atoms with van der Waals surface area (Å²) in [6.07, 6.45) is 2.79. The normalized spacial score (nSPS) is 17.6. The van der Waals surface area contributed by atoms with Gasteiger partial charge in [-0.3, -0.25) is 9.59 Å². The van der Waals surface area contributed by atoms with Crippen molar-refractivity contribution in [2.24, 2.45) is 5.92 Å². The Balaban J connectivity index is 1.76. The molecule has 0 aromatic heterocycles. The van der Waals surface area contributed by atoms with E-state index in [9.17, 15) is 14.0 Å². The smallest absolute Gasteiger partial charge is 0.303 e. The van der Waals surface area contributed by atoms with Crippen LogP contribution in [-0.4, -0.2) is 41.6 Å². The van der Waals surface area contributed by atoms with Gasteiger partial charge in [0.05, 0.1) is 18.1 Å². The van der Waals surface area contributed by atoms with Crippen molar-refractivity contribution in [1.29, 1.82) is 0 Å². The molecule has 1 fully saturated rings. The van der Waals surface area contributed by atoms with Crippen molar-refractivity contribution < 1.29 is 23.8 Å². The van der Waals surface area contributed by atoms with E-state index in [1.54, 1.807) is 4.90 Å². The summed E-state index contributed by atoms with van der Waals surface area (Å²) in [6, 6.07) is 3.85. The summed E-state index contributed by atoms with van der Waals surface area (Å²) in [4.78, 5) is 24.7. The first-order valence-electron chi connectivity index (χ1n) is 8.03. The lowest BCUT2D eigenvalue weighted by molar-refractivity contribution is -0.137. The molecule has 1 aliphatic rings. The molecule has 0 bridgehead atoms. The molecule has 0 spiro atoms. The Hall–Kier alpha value is -1.82. The average molecular weight is 358 g/mol. The maximum atomic E-state index is 13.0. The lowest BCUT2D eigenvalue weighted by Gasteiger charge is -2.32. The SMILES string of the molecule is O=C(O)CCC1CCCN(C(=O)CCOc2ccc(F)cc2Cl)C1. The van der Waals surface area contributed by atoms with Crippen molar-refractivity contribution in [1.82, 2.24) is 4.90 Å². The van der Waals surface area contributed by atoms with Crippen LogP contribution in [0.5, 0.6) is 5.75 Å². The fourth-order valence-corrected chi connectivity index (χ4v) is 3.08. The molecule has 0 saturated carbocycles. The van der Waals surface area contributed by atoms with Gasteiger partial charge in [-0.2, -0.15) is 0 Å². The minimum Gasteiger partial charge on any atom is -0.491 e.